The van der Waals surface area contributed by atoms with Crippen molar-refractivity contribution >= 4 is 17.5 Å². The van der Waals surface area contributed by atoms with Gasteiger partial charge in [0.05, 0.1) is 6.04 Å². The summed E-state index contributed by atoms with van der Waals surface area (Å²) in [6.07, 6.45) is 1.67. The molecule has 0 radical (unpaired) electrons. The van der Waals surface area contributed by atoms with Gasteiger partial charge in [0, 0.05) is 49.9 Å². The summed E-state index contributed by atoms with van der Waals surface area (Å²) in [4.78, 5) is 16.3. The molecule has 6 heteroatoms. The van der Waals surface area contributed by atoms with Crippen LogP contribution in [-0.2, 0) is 11.3 Å². The number of hydrogen-bond acceptors (Lipinski definition) is 3. The highest BCUT2D eigenvalue weighted by Crippen LogP contribution is 2.21. The van der Waals surface area contributed by atoms with Crippen LogP contribution in [0.3, 0.4) is 0 Å². The molecule has 1 saturated heterocycles. The smallest absolute Gasteiger partial charge is 0.237 e. The second-order valence-electron chi connectivity index (χ2n) is 5.72. The molecule has 2 rings (SSSR count). The Hall–Kier alpha value is -1.43. The van der Waals surface area contributed by atoms with Crippen LogP contribution in [0.15, 0.2) is 30.9 Å². The molecule has 126 valence electrons. The zero-order valence-electron chi connectivity index (χ0n) is 13.4. The molecule has 1 aromatic rings. The van der Waals surface area contributed by atoms with E-state index in [0.717, 1.165) is 26.2 Å². The summed E-state index contributed by atoms with van der Waals surface area (Å²) in [5.41, 5.74) is 0.541. The van der Waals surface area contributed by atoms with Gasteiger partial charge in [-0.15, -0.1) is 6.58 Å². The minimum Gasteiger partial charge on any atom is -0.351 e. The predicted molar refractivity (Wildman–Crippen MR) is 90.9 cm³/mol. The van der Waals surface area contributed by atoms with Gasteiger partial charge in [0.15, 0.2) is 0 Å². The van der Waals surface area contributed by atoms with Gasteiger partial charge in [-0.1, -0.05) is 23.7 Å². The number of carbonyl (C=O) groups excluding carboxylic acids is 1. The summed E-state index contributed by atoms with van der Waals surface area (Å²) in [5, 5.41) is 3.28. The van der Waals surface area contributed by atoms with E-state index in [0.29, 0.717) is 23.7 Å². The van der Waals surface area contributed by atoms with Crippen LogP contribution in [0.4, 0.5) is 4.39 Å². The molecule has 23 heavy (non-hydrogen) atoms. The molecule has 0 spiro atoms. The summed E-state index contributed by atoms with van der Waals surface area (Å²) in [6.45, 7) is 9.58. The van der Waals surface area contributed by atoms with Crippen molar-refractivity contribution in [3.05, 3.63) is 47.3 Å². The van der Waals surface area contributed by atoms with Gasteiger partial charge >= 0.3 is 0 Å². The molecule has 1 unspecified atom stereocenters. The van der Waals surface area contributed by atoms with E-state index < -0.39 is 0 Å². The summed E-state index contributed by atoms with van der Waals surface area (Å²) >= 11 is 6.08. The molecular weight excluding hydrogens is 317 g/mol. The quantitative estimate of drug-likeness (QED) is 0.808. The molecular formula is C17H23ClFN3O. The van der Waals surface area contributed by atoms with Crippen LogP contribution in [0.1, 0.15) is 12.5 Å². The third-order valence-corrected chi connectivity index (χ3v) is 4.55. The fourth-order valence-corrected chi connectivity index (χ4v) is 2.92. The summed E-state index contributed by atoms with van der Waals surface area (Å²) in [7, 11) is 0. The Labute approximate surface area is 141 Å². The fourth-order valence-electron chi connectivity index (χ4n) is 2.70. The van der Waals surface area contributed by atoms with Crippen molar-refractivity contribution in [3.63, 3.8) is 0 Å². The maximum Gasteiger partial charge on any atom is 0.237 e. The van der Waals surface area contributed by atoms with Crippen molar-refractivity contribution in [3.8, 4) is 0 Å². The average molecular weight is 340 g/mol. The molecule has 1 fully saturated rings. The summed E-state index contributed by atoms with van der Waals surface area (Å²) in [5.74, 6) is -0.257. The van der Waals surface area contributed by atoms with Gasteiger partial charge in [-0.2, -0.15) is 0 Å². The van der Waals surface area contributed by atoms with Crippen molar-refractivity contribution in [2.75, 3.05) is 32.7 Å². The van der Waals surface area contributed by atoms with Crippen LogP contribution < -0.4 is 5.32 Å². The molecule has 0 bridgehead atoms. The lowest BCUT2D eigenvalue weighted by atomic mass is 10.1. The Bertz CT molecular complexity index is 539. The van der Waals surface area contributed by atoms with Crippen LogP contribution >= 0.6 is 11.6 Å². The maximum absolute atomic E-state index is 13.9. The third kappa shape index (κ3) is 4.77. The highest BCUT2D eigenvalue weighted by atomic mass is 35.5. The standard InChI is InChI=1S/C17H23ClFN3O/c1-3-7-20-17(23)13(2)22-10-8-21(9-11-22)12-14-15(18)5-4-6-16(14)19/h3-6,13H,1,7-12H2,2H3,(H,20,23). The Kier molecular flexibility index (Phi) is 6.57. The summed E-state index contributed by atoms with van der Waals surface area (Å²) < 4.78 is 13.9. The first-order chi connectivity index (χ1) is 11.0. The molecule has 1 aromatic carbocycles. The lowest BCUT2D eigenvalue weighted by Crippen LogP contribution is -2.53. The van der Waals surface area contributed by atoms with E-state index >= 15 is 0 Å². The number of amides is 1. The molecule has 0 aliphatic carbocycles. The summed E-state index contributed by atoms with van der Waals surface area (Å²) in [6, 6.07) is 4.59. The number of benzene rings is 1. The third-order valence-electron chi connectivity index (χ3n) is 4.20. The van der Waals surface area contributed by atoms with Gasteiger partial charge in [0.25, 0.3) is 0 Å². The molecule has 1 aliphatic rings. The Morgan fingerprint density at radius 2 is 2.13 bits per heavy atom. The lowest BCUT2D eigenvalue weighted by Gasteiger charge is -2.37. The van der Waals surface area contributed by atoms with Gasteiger partial charge in [0.1, 0.15) is 5.82 Å². The number of rotatable bonds is 6. The topological polar surface area (TPSA) is 35.6 Å². The van der Waals surface area contributed by atoms with E-state index in [2.05, 4.69) is 21.7 Å². The van der Waals surface area contributed by atoms with Gasteiger partial charge in [-0.05, 0) is 19.1 Å². The van der Waals surface area contributed by atoms with E-state index in [1.807, 2.05) is 6.92 Å². The van der Waals surface area contributed by atoms with Gasteiger partial charge in [-0.25, -0.2) is 4.39 Å². The van der Waals surface area contributed by atoms with Crippen LogP contribution in [0.25, 0.3) is 0 Å². The zero-order valence-corrected chi connectivity index (χ0v) is 14.2. The predicted octanol–water partition coefficient (Wildman–Crippen LogP) is 2.29. The number of nitrogens with zero attached hydrogens (tertiary/aromatic N) is 2. The van der Waals surface area contributed by atoms with Crippen molar-refractivity contribution in [1.82, 2.24) is 15.1 Å². The maximum atomic E-state index is 13.9. The minimum absolute atomic E-state index is 0.00972. The molecule has 1 amide bonds. The van der Waals surface area contributed by atoms with E-state index in [1.54, 1.807) is 18.2 Å². The average Bonchev–Trinajstić information content (AvgIpc) is 2.56. The molecule has 0 aromatic heterocycles. The fraction of sp³-hybridized carbons (Fsp3) is 0.471. The van der Waals surface area contributed by atoms with Crippen molar-refractivity contribution < 1.29 is 9.18 Å². The number of carbonyl (C=O) groups is 1. The van der Waals surface area contributed by atoms with Crippen LogP contribution in [-0.4, -0.2) is 54.5 Å². The molecule has 1 aliphatic heterocycles. The zero-order chi connectivity index (χ0) is 16.8. The normalized spacial score (nSPS) is 17.7. The number of halogens is 2. The van der Waals surface area contributed by atoms with E-state index in [-0.39, 0.29) is 17.8 Å². The first-order valence-corrected chi connectivity index (χ1v) is 8.18. The van der Waals surface area contributed by atoms with Crippen LogP contribution in [0.5, 0.6) is 0 Å². The lowest BCUT2D eigenvalue weighted by molar-refractivity contribution is -0.126. The molecule has 4 nitrogen and oxygen atoms in total. The molecule has 1 atom stereocenters. The Morgan fingerprint density at radius 1 is 1.43 bits per heavy atom. The van der Waals surface area contributed by atoms with Gasteiger partial charge in [-0.3, -0.25) is 14.6 Å². The molecule has 0 saturated carbocycles. The number of nitrogens with one attached hydrogen (secondary N) is 1. The monoisotopic (exact) mass is 339 g/mol. The largest absolute Gasteiger partial charge is 0.351 e. The number of piperazine rings is 1. The van der Waals surface area contributed by atoms with E-state index in [1.165, 1.54) is 6.07 Å². The highest BCUT2D eigenvalue weighted by molar-refractivity contribution is 6.31. The first-order valence-electron chi connectivity index (χ1n) is 7.81. The van der Waals surface area contributed by atoms with E-state index in [9.17, 15) is 9.18 Å². The van der Waals surface area contributed by atoms with E-state index in [4.69, 9.17) is 11.6 Å². The van der Waals surface area contributed by atoms with Crippen LogP contribution in [0, 0.1) is 5.82 Å². The SMILES string of the molecule is C=CCNC(=O)C(C)N1CCN(Cc2c(F)cccc2Cl)CC1. The van der Waals surface area contributed by atoms with Crippen molar-refractivity contribution in [1.29, 1.82) is 0 Å². The molecule has 1 N–H and O–H groups in total. The van der Waals surface area contributed by atoms with Gasteiger partial charge < -0.3 is 5.32 Å². The second-order valence-corrected chi connectivity index (χ2v) is 6.13. The Morgan fingerprint density at radius 3 is 2.74 bits per heavy atom. The van der Waals surface area contributed by atoms with Crippen molar-refractivity contribution in [2.45, 2.75) is 19.5 Å². The van der Waals surface area contributed by atoms with Gasteiger partial charge in [0.2, 0.25) is 5.91 Å². The Balaban J connectivity index is 1.86. The van der Waals surface area contributed by atoms with Crippen molar-refractivity contribution in [2.24, 2.45) is 0 Å². The second kappa shape index (κ2) is 8.43. The highest BCUT2D eigenvalue weighted by Gasteiger charge is 2.25. The minimum atomic E-state index is -0.267. The van der Waals surface area contributed by atoms with Crippen LogP contribution in [0.2, 0.25) is 5.02 Å². The first kappa shape index (κ1) is 17.9. The molecule has 1 heterocycles. The number of hydrogen-bond donors (Lipinski definition) is 1.